The molecule has 0 spiro atoms. The van der Waals surface area contributed by atoms with E-state index in [1.165, 1.54) is 48.5 Å². The largest absolute Gasteiger partial charge is 0.479 e. The number of nitrogens with one attached hydrogen (secondary N) is 1. The van der Waals surface area contributed by atoms with Gasteiger partial charge >= 0.3 is 11.9 Å². The third kappa shape index (κ3) is 5.62. The van der Waals surface area contributed by atoms with Crippen molar-refractivity contribution in [3.8, 4) is 16.9 Å². The number of hydrogen-bond donors (Lipinski definition) is 2. The van der Waals surface area contributed by atoms with Gasteiger partial charge in [-0.2, -0.15) is 13.2 Å². The van der Waals surface area contributed by atoms with Gasteiger partial charge in [-0.25, -0.2) is 9.37 Å². The van der Waals surface area contributed by atoms with E-state index in [4.69, 9.17) is 14.9 Å². The summed E-state index contributed by atoms with van der Waals surface area (Å²) in [7, 11) is 0. The molecule has 0 saturated heterocycles. The van der Waals surface area contributed by atoms with Gasteiger partial charge in [0.25, 0.3) is 11.8 Å². The number of hydrogen-bond acceptors (Lipinski definition) is 8. The Morgan fingerprint density at radius 3 is 2.48 bits per heavy atom. The number of para-hydroxylation sites is 2. The third-order valence-electron chi connectivity index (χ3n) is 5.89. The average molecular weight is 601 g/mol. The third-order valence-corrected chi connectivity index (χ3v) is 6.99. The van der Waals surface area contributed by atoms with Crippen LogP contribution in [0.4, 0.5) is 28.9 Å². The Kier molecular flexibility index (Phi) is 7.34. The lowest BCUT2D eigenvalue weighted by Gasteiger charge is -2.12. The molecule has 3 aromatic heterocycles. The summed E-state index contributed by atoms with van der Waals surface area (Å²) in [5.41, 5.74) is 3.82. The maximum Gasteiger partial charge on any atom is 0.433 e. The minimum Gasteiger partial charge on any atom is -0.479 e. The number of nitrogens with zero attached hydrogens (tertiary/aromatic N) is 2. The van der Waals surface area contributed by atoms with E-state index in [1.807, 2.05) is 0 Å². The average Bonchev–Trinajstić information content (AvgIpc) is 3.57. The van der Waals surface area contributed by atoms with Crippen molar-refractivity contribution in [2.75, 3.05) is 5.32 Å². The second-order valence-electron chi connectivity index (χ2n) is 8.64. The molecule has 3 heterocycles. The Hall–Kier alpha value is -5.31. The Morgan fingerprint density at radius 1 is 1.10 bits per heavy atom. The molecule has 2 aromatic carbocycles. The molecule has 2 amide bonds. The fraction of sp³-hybridized carbons (Fsp3) is 0.0741. The molecule has 3 N–H and O–H groups in total. The van der Waals surface area contributed by atoms with Crippen LogP contribution in [0.5, 0.6) is 5.75 Å². The molecular weight excluding hydrogens is 584 g/mol. The molecule has 5 aromatic rings. The number of halogens is 4. The number of primary amides is 1. The van der Waals surface area contributed by atoms with Crippen LogP contribution in [-0.2, 0) is 12.8 Å². The highest BCUT2D eigenvalue weighted by atomic mass is 32.1. The Morgan fingerprint density at radius 2 is 1.81 bits per heavy atom. The number of aromatic nitrogens is 1. The van der Waals surface area contributed by atoms with E-state index in [9.17, 15) is 37.3 Å². The van der Waals surface area contributed by atoms with Gasteiger partial charge in [0.15, 0.2) is 11.5 Å². The number of carbonyl (C=O) groups excluding carboxylic acids is 2. The predicted molar refractivity (Wildman–Crippen MR) is 143 cm³/mol. The van der Waals surface area contributed by atoms with Crippen molar-refractivity contribution in [2.45, 2.75) is 12.8 Å². The topological polar surface area (TPSA) is 151 Å². The zero-order valence-electron chi connectivity index (χ0n) is 20.9. The highest BCUT2D eigenvalue weighted by Crippen LogP contribution is 2.44. The van der Waals surface area contributed by atoms with Crippen molar-refractivity contribution in [2.24, 2.45) is 5.73 Å². The van der Waals surface area contributed by atoms with E-state index in [1.54, 1.807) is 0 Å². The van der Waals surface area contributed by atoms with Gasteiger partial charge in [-0.1, -0.05) is 24.3 Å². The fourth-order valence-corrected chi connectivity index (χ4v) is 5.03. The van der Waals surface area contributed by atoms with Crippen molar-refractivity contribution >= 4 is 44.7 Å². The number of nitro groups is 1. The number of alkyl halides is 3. The number of carbonyl (C=O) groups is 2. The lowest BCUT2D eigenvalue weighted by atomic mass is 10.0. The number of nitro benzene ring substituents is 1. The minimum atomic E-state index is -4.85. The SMILES string of the molecule is NC(=O)c1sc2nc(C(F)(F)F)cc(-c3ccc(F)cc3)c2c1NC(=O)c1ccc(COc2ccccc2[N+](=O)[O-])o1. The molecule has 0 bridgehead atoms. The number of furan rings is 1. The van der Waals surface area contributed by atoms with Crippen LogP contribution in [0.1, 0.15) is 31.7 Å². The summed E-state index contributed by atoms with van der Waals surface area (Å²) < 4.78 is 65.5. The van der Waals surface area contributed by atoms with E-state index in [-0.39, 0.29) is 61.5 Å². The van der Waals surface area contributed by atoms with E-state index < -0.39 is 34.4 Å². The van der Waals surface area contributed by atoms with Gasteiger partial charge < -0.3 is 20.2 Å². The van der Waals surface area contributed by atoms with Gasteiger partial charge in [-0.3, -0.25) is 19.7 Å². The van der Waals surface area contributed by atoms with Crippen LogP contribution < -0.4 is 15.8 Å². The van der Waals surface area contributed by atoms with Crippen LogP contribution in [0.3, 0.4) is 0 Å². The van der Waals surface area contributed by atoms with Crippen molar-refractivity contribution < 1.29 is 41.2 Å². The smallest absolute Gasteiger partial charge is 0.433 e. The first-order valence-corrected chi connectivity index (χ1v) is 12.6. The first-order chi connectivity index (χ1) is 19.9. The van der Waals surface area contributed by atoms with Gasteiger partial charge in [0.05, 0.1) is 10.6 Å². The summed E-state index contributed by atoms with van der Waals surface area (Å²) in [6.45, 7) is -0.273. The second-order valence-corrected chi connectivity index (χ2v) is 9.64. The summed E-state index contributed by atoms with van der Waals surface area (Å²) >= 11 is 0.546. The molecule has 0 saturated carbocycles. The van der Waals surface area contributed by atoms with Crippen molar-refractivity contribution in [3.63, 3.8) is 0 Å². The Balaban J connectivity index is 1.50. The summed E-state index contributed by atoms with van der Waals surface area (Å²) in [6.07, 6.45) is -4.85. The van der Waals surface area contributed by atoms with Crippen LogP contribution in [0.2, 0.25) is 0 Å². The number of fused-ring (bicyclic) bond motifs is 1. The number of amides is 2. The molecule has 10 nitrogen and oxygen atoms in total. The standard InChI is InChI=1S/C27H16F4N4O6S/c28-14-7-5-13(6-8-14)16-11-20(27(29,30)31)33-26-21(16)22(23(42-26)24(32)36)34-25(37)19-10-9-15(41-19)12-40-18-4-2-1-3-17(18)35(38)39/h1-11H,12H2,(H2,32,36)(H,34,37). The number of nitrogens with two attached hydrogens (primary N) is 1. The van der Waals surface area contributed by atoms with E-state index >= 15 is 0 Å². The highest BCUT2D eigenvalue weighted by Gasteiger charge is 2.35. The summed E-state index contributed by atoms with van der Waals surface area (Å²) in [4.78, 5) is 39.1. The van der Waals surface area contributed by atoms with Gasteiger partial charge in [0.2, 0.25) is 0 Å². The molecule has 15 heteroatoms. The van der Waals surface area contributed by atoms with Crippen LogP contribution in [0.15, 0.2) is 71.1 Å². The molecule has 0 aliphatic rings. The summed E-state index contributed by atoms with van der Waals surface area (Å²) in [5.74, 6) is -2.73. The van der Waals surface area contributed by atoms with E-state index in [0.717, 1.165) is 18.2 Å². The lowest BCUT2D eigenvalue weighted by Crippen LogP contribution is -2.16. The van der Waals surface area contributed by atoms with Gasteiger partial charge in [0, 0.05) is 11.5 Å². The minimum absolute atomic E-state index is 0.0201. The molecule has 0 fully saturated rings. The number of rotatable bonds is 8. The van der Waals surface area contributed by atoms with E-state index in [0.29, 0.717) is 11.3 Å². The molecule has 0 radical (unpaired) electrons. The quantitative estimate of drug-likeness (QED) is 0.116. The highest BCUT2D eigenvalue weighted by molar-refractivity contribution is 7.21. The van der Waals surface area contributed by atoms with Gasteiger partial charge in [-0.05, 0) is 47.5 Å². The second kappa shape index (κ2) is 10.9. The number of ether oxygens (including phenoxy) is 1. The fourth-order valence-electron chi connectivity index (χ4n) is 4.03. The molecule has 0 aliphatic heterocycles. The van der Waals surface area contributed by atoms with Gasteiger partial charge in [0.1, 0.15) is 33.6 Å². The molecule has 0 unspecified atom stereocenters. The van der Waals surface area contributed by atoms with Crippen LogP contribution in [-0.4, -0.2) is 21.7 Å². The van der Waals surface area contributed by atoms with Crippen molar-refractivity contribution in [3.05, 3.63) is 105 Å². The van der Waals surface area contributed by atoms with E-state index in [2.05, 4.69) is 10.3 Å². The molecule has 0 atom stereocenters. The normalized spacial score (nSPS) is 11.4. The molecular formula is C27H16F4N4O6S. The molecule has 214 valence electrons. The summed E-state index contributed by atoms with van der Waals surface area (Å²) in [5, 5.41) is 13.6. The van der Waals surface area contributed by atoms with Crippen molar-refractivity contribution in [1.29, 1.82) is 0 Å². The van der Waals surface area contributed by atoms with Crippen LogP contribution in [0, 0.1) is 15.9 Å². The van der Waals surface area contributed by atoms with Crippen LogP contribution >= 0.6 is 11.3 Å². The Labute approximate surface area is 236 Å². The monoisotopic (exact) mass is 600 g/mol. The number of anilines is 1. The number of thiophene rings is 1. The summed E-state index contributed by atoms with van der Waals surface area (Å²) in [6, 6.07) is 13.6. The predicted octanol–water partition coefficient (Wildman–Crippen LogP) is 6.55. The van der Waals surface area contributed by atoms with Crippen molar-refractivity contribution in [1.82, 2.24) is 4.98 Å². The first-order valence-electron chi connectivity index (χ1n) is 11.8. The number of benzene rings is 2. The lowest BCUT2D eigenvalue weighted by molar-refractivity contribution is -0.386. The molecule has 42 heavy (non-hydrogen) atoms. The zero-order chi connectivity index (χ0) is 30.2. The number of pyridine rings is 1. The maximum absolute atomic E-state index is 13.7. The Bertz CT molecular complexity index is 1850. The zero-order valence-corrected chi connectivity index (χ0v) is 21.7. The van der Waals surface area contributed by atoms with Gasteiger partial charge in [-0.15, -0.1) is 11.3 Å². The molecule has 0 aliphatic carbocycles. The van der Waals surface area contributed by atoms with Crippen LogP contribution in [0.25, 0.3) is 21.3 Å². The first kappa shape index (κ1) is 28.2. The molecule has 5 rings (SSSR count). The maximum atomic E-state index is 13.7.